The summed E-state index contributed by atoms with van der Waals surface area (Å²) in [5.74, 6) is 0.712. The molecule has 3 aromatic heterocycles. The summed E-state index contributed by atoms with van der Waals surface area (Å²) in [7, 11) is 0. The van der Waals surface area contributed by atoms with Crippen molar-refractivity contribution in [1.82, 2.24) is 29.8 Å². The topological polar surface area (TPSA) is 68.9 Å². The standard InChI is InChI=1S/C13H7BrN6S/c14-9-3-1-8(2-4-9)11-17-18-13-20(11)19-12(21-13)10-7-15-5-6-16-10/h1-7H. The molecule has 6 nitrogen and oxygen atoms in total. The minimum atomic E-state index is 0.712. The highest BCUT2D eigenvalue weighted by Gasteiger charge is 2.14. The van der Waals surface area contributed by atoms with E-state index in [1.807, 2.05) is 24.3 Å². The second-order valence-electron chi connectivity index (χ2n) is 4.22. The number of hydrogen-bond donors (Lipinski definition) is 0. The Morgan fingerprint density at radius 1 is 1.05 bits per heavy atom. The van der Waals surface area contributed by atoms with Gasteiger partial charge in [-0.05, 0) is 12.1 Å². The van der Waals surface area contributed by atoms with Crippen molar-refractivity contribution in [2.45, 2.75) is 0 Å². The fourth-order valence-electron chi connectivity index (χ4n) is 1.91. The molecule has 0 bridgehead atoms. The van der Waals surface area contributed by atoms with Crippen LogP contribution in [0.3, 0.4) is 0 Å². The van der Waals surface area contributed by atoms with Gasteiger partial charge in [-0.3, -0.25) is 9.97 Å². The molecule has 0 atom stereocenters. The summed E-state index contributed by atoms with van der Waals surface area (Å²) in [5.41, 5.74) is 1.69. The predicted octanol–water partition coefficient (Wildman–Crippen LogP) is 3.07. The first-order valence-electron chi connectivity index (χ1n) is 6.06. The summed E-state index contributed by atoms with van der Waals surface area (Å²) in [6, 6.07) is 7.88. The van der Waals surface area contributed by atoms with E-state index in [9.17, 15) is 0 Å². The monoisotopic (exact) mass is 358 g/mol. The van der Waals surface area contributed by atoms with Gasteiger partial charge in [-0.25, -0.2) is 0 Å². The highest BCUT2D eigenvalue weighted by molar-refractivity contribution is 9.10. The summed E-state index contributed by atoms with van der Waals surface area (Å²) in [6.45, 7) is 0. The molecule has 0 aliphatic carbocycles. The number of halogens is 1. The van der Waals surface area contributed by atoms with E-state index in [1.165, 1.54) is 11.3 Å². The van der Waals surface area contributed by atoms with Crippen LogP contribution < -0.4 is 0 Å². The molecule has 3 heterocycles. The molecule has 0 aliphatic rings. The third-order valence-corrected chi connectivity index (χ3v) is 4.33. The van der Waals surface area contributed by atoms with E-state index in [-0.39, 0.29) is 0 Å². The molecule has 4 aromatic rings. The van der Waals surface area contributed by atoms with Crippen LogP contribution in [-0.2, 0) is 0 Å². The molecular formula is C13H7BrN6S. The first-order chi connectivity index (χ1) is 10.3. The first kappa shape index (κ1) is 12.5. The van der Waals surface area contributed by atoms with Gasteiger partial charge in [0.15, 0.2) is 10.8 Å². The van der Waals surface area contributed by atoms with Crippen molar-refractivity contribution >= 4 is 32.2 Å². The molecule has 0 saturated heterocycles. The van der Waals surface area contributed by atoms with Crippen molar-refractivity contribution in [2.24, 2.45) is 0 Å². The van der Waals surface area contributed by atoms with Crippen molar-refractivity contribution in [3.05, 3.63) is 47.3 Å². The molecule has 0 spiro atoms. The highest BCUT2D eigenvalue weighted by atomic mass is 79.9. The van der Waals surface area contributed by atoms with Crippen molar-refractivity contribution < 1.29 is 0 Å². The molecule has 4 rings (SSSR count). The Labute approximate surface area is 131 Å². The van der Waals surface area contributed by atoms with Crippen LogP contribution in [0.25, 0.3) is 27.1 Å². The second-order valence-corrected chi connectivity index (χ2v) is 6.09. The quantitative estimate of drug-likeness (QED) is 0.550. The number of nitrogens with zero attached hydrogens (tertiary/aromatic N) is 6. The third-order valence-electron chi connectivity index (χ3n) is 2.88. The van der Waals surface area contributed by atoms with Crippen LogP contribution in [0, 0.1) is 0 Å². The third kappa shape index (κ3) is 2.22. The minimum Gasteiger partial charge on any atom is -0.261 e. The maximum absolute atomic E-state index is 4.54. The Bertz CT molecular complexity index is 899. The van der Waals surface area contributed by atoms with Gasteiger partial charge in [0.1, 0.15) is 5.69 Å². The molecule has 0 radical (unpaired) electrons. The highest BCUT2D eigenvalue weighted by Crippen LogP contribution is 2.26. The molecule has 0 saturated carbocycles. The van der Waals surface area contributed by atoms with Gasteiger partial charge in [0.05, 0.1) is 6.20 Å². The lowest BCUT2D eigenvalue weighted by molar-refractivity contribution is 0.965. The summed E-state index contributed by atoms with van der Waals surface area (Å²) >= 11 is 4.86. The number of rotatable bonds is 2. The van der Waals surface area contributed by atoms with E-state index >= 15 is 0 Å². The van der Waals surface area contributed by atoms with Crippen molar-refractivity contribution in [1.29, 1.82) is 0 Å². The average molecular weight is 359 g/mol. The number of hydrogen-bond acceptors (Lipinski definition) is 6. The first-order valence-corrected chi connectivity index (χ1v) is 7.67. The van der Waals surface area contributed by atoms with E-state index in [0.29, 0.717) is 5.82 Å². The molecule has 0 N–H and O–H groups in total. The van der Waals surface area contributed by atoms with Crippen molar-refractivity contribution in [3.8, 4) is 22.1 Å². The van der Waals surface area contributed by atoms with Gasteiger partial charge in [0.2, 0.25) is 4.96 Å². The fourth-order valence-corrected chi connectivity index (χ4v) is 2.97. The molecule has 21 heavy (non-hydrogen) atoms. The van der Waals surface area contributed by atoms with Crippen LogP contribution in [0.1, 0.15) is 0 Å². The van der Waals surface area contributed by atoms with Crippen LogP contribution in [0.4, 0.5) is 0 Å². The molecule has 1 aromatic carbocycles. The molecule has 102 valence electrons. The number of benzene rings is 1. The summed E-state index contributed by atoms with van der Waals surface area (Å²) in [5, 5.41) is 13.7. The van der Waals surface area contributed by atoms with Crippen LogP contribution in [0.5, 0.6) is 0 Å². The zero-order valence-electron chi connectivity index (χ0n) is 10.5. The summed E-state index contributed by atoms with van der Waals surface area (Å²) in [4.78, 5) is 9.05. The lowest BCUT2D eigenvalue weighted by atomic mass is 10.2. The largest absolute Gasteiger partial charge is 0.261 e. The van der Waals surface area contributed by atoms with E-state index in [0.717, 1.165) is 25.7 Å². The van der Waals surface area contributed by atoms with E-state index in [4.69, 9.17) is 0 Å². The average Bonchev–Trinajstić information content (AvgIpc) is 3.09. The normalized spacial score (nSPS) is 11.1. The molecular weight excluding hydrogens is 352 g/mol. The van der Waals surface area contributed by atoms with E-state index in [1.54, 1.807) is 23.1 Å². The van der Waals surface area contributed by atoms with Crippen LogP contribution in [0.15, 0.2) is 47.3 Å². The van der Waals surface area contributed by atoms with Gasteiger partial charge in [-0.2, -0.15) is 9.61 Å². The van der Waals surface area contributed by atoms with Crippen LogP contribution in [0.2, 0.25) is 0 Å². The Morgan fingerprint density at radius 2 is 1.90 bits per heavy atom. The van der Waals surface area contributed by atoms with E-state index in [2.05, 4.69) is 41.2 Å². The number of aromatic nitrogens is 6. The minimum absolute atomic E-state index is 0.712. The Kier molecular flexibility index (Phi) is 2.97. The Hall–Kier alpha value is -2.19. The molecule has 0 aliphatic heterocycles. The van der Waals surface area contributed by atoms with Gasteiger partial charge < -0.3 is 0 Å². The molecule has 0 amide bonds. The predicted molar refractivity (Wildman–Crippen MR) is 82.8 cm³/mol. The molecule has 0 fully saturated rings. The number of fused-ring (bicyclic) bond motifs is 1. The van der Waals surface area contributed by atoms with Crippen molar-refractivity contribution in [2.75, 3.05) is 0 Å². The summed E-state index contributed by atoms with van der Waals surface area (Å²) in [6.07, 6.45) is 4.97. The lowest BCUT2D eigenvalue weighted by Crippen LogP contribution is -1.91. The van der Waals surface area contributed by atoms with Gasteiger partial charge in [0, 0.05) is 22.4 Å². The van der Waals surface area contributed by atoms with Crippen LogP contribution >= 0.6 is 27.3 Å². The fraction of sp³-hybridized carbons (Fsp3) is 0. The lowest BCUT2D eigenvalue weighted by Gasteiger charge is -1.97. The van der Waals surface area contributed by atoms with Gasteiger partial charge in [-0.15, -0.1) is 10.2 Å². The zero-order chi connectivity index (χ0) is 14.2. The smallest absolute Gasteiger partial charge is 0.235 e. The van der Waals surface area contributed by atoms with Crippen molar-refractivity contribution in [3.63, 3.8) is 0 Å². The SMILES string of the molecule is Brc1ccc(-c2nnc3sc(-c4cnccn4)nn23)cc1. The van der Waals surface area contributed by atoms with Gasteiger partial charge in [0.25, 0.3) is 0 Å². The van der Waals surface area contributed by atoms with E-state index < -0.39 is 0 Å². The maximum atomic E-state index is 4.54. The summed E-state index contributed by atoms with van der Waals surface area (Å²) < 4.78 is 2.75. The maximum Gasteiger partial charge on any atom is 0.235 e. The molecule has 0 unspecified atom stereocenters. The second kappa shape index (κ2) is 4.97. The molecule has 8 heteroatoms. The Balaban J connectivity index is 1.85. The van der Waals surface area contributed by atoms with Crippen LogP contribution in [-0.4, -0.2) is 29.8 Å². The van der Waals surface area contributed by atoms with Gasteiger partial charge >= 0.3 is 0 Å². The zero-order valence-corrected chi connectivity index (χ0v) is 12.9. The Morgan fingerprint density at radius 3 is 2.67 bits per heavy atom. The van der Waals surface area contributed by atoms with Gasteiger partial charge in [-0.1, -0.05) is 39.4 Å².